The van der Waals surface area contributed by atoms with Crippen LogP contribution in [0, 0.1) is 17.2 Å². The molecule has 0 bridgehead atoms. The molecule has 0 saturated carbocycles. The van der Waals surface area contributed by atoms with Crippen LogP contribution in [0.5, 0.6) is 0 Å². The molecular formula is C7H15Cl2N3. The van der Waals surface area contributed by atoms with Crippen LogP contribution in [0.15, 0.2) is 0 Å². The van der Waals surface area contributed by atoms with Gasteiger partial charge in [-0.1, -0.05) is 0 Å². The van der Waals surface area contributed by atoms with Gasteiger partial charge in [0.2, 0.25) is 0 Å². The Hall–Kier alpha value is -0.0100. The minimum atomic E-state index is -0.259. The molecule has 1 rings (SSSR count). The molecule has 12 heavy (non-hydrogen) atoms. The van der Waals surface area contributed by atoms with E-state index in [-0.39, 0.29) is 30.9 Å². The zero-order chi connectivity index (χ0) is 7.40. The summed E-state index contributed by atoms with van der Waals surface area (Å²) in [6.07, 6.45) is 2.03. The van der Waals surface area contributed by atoms with Gasteiger partial charge in [-0.25, -0.2) is 0 Å². The van der Waals surface area contributed by atoms with E-state index in [1.54, 1.807) is 0 Å². The minimum absolute atomic E-state index is 0. The highest BCUT2D eigenvalue weighted by Gasteiger charge is 2.16. The molecule has 0 aromatic rings. The highest BCUT2D eigenvalue weighted by atomic mass is 35.5. The summed E-state index contributed by atoms with van der Waals surface area (Å²) in [4.78, 5) is 0. The maximum Gasteiger partial charge on any atom is 0.0931 e. The smallest absolute Gasteiger partial charge is 0.0931 e. The van der Waals surface area contributed by atoms with Crippen molar-refractivity contribution in [3.63, 3.8) is 0 Å². The number of hydrogen-bond donors (Lipinski definition) is 2. The molecule has 0 aromatic carbocycles. The largest absolute Gasteiger partial charge is 0.316 e. The first-order chi connectivity index (χ1) is 4.83. The quantitative estimate of drug-likeness (QED) is 0.707. The van der Waals surface area contributed by atoms with E-state index in [9.17, 15) is 0 Å². The van der Waals surface area contributed by atoms with Crippen LogP contribution < -0.4 is 11.1 Å². The molecule has 2 unspecified atom stereocenters. The Morgan fingerprint density at radius 1 is 1.58 bits per heavy atom. The second-order valence-electron chi connectivity index (χ2n) is 2.83. The van der Waals surface area contributed by atoms with Gasteiger partial charge in [-0.05, 0) is 31.8 Å². The lowest BCUT2D eigenvalue weighted by Gasteiger charge is -2.07. The Labute approximate surface area is 85.5 Å². The summed E-state index contributed by atoms with van der Waals surface area (Å²) in [7, 11) is 0. The zero-order valence-electron chi connectivity index (χ0n) is 6.82. The van der Waals surface area contributed by atoms with Gasteiger partial charge >= 0.3 is 0 Å². The molecule has 1 fully saturated rings. The van der Waals surface area contributed by atoms with E-state index in [0.717, 1.165) is 19.5 Å². The number of nitrogens with zero attached hydrogens (tertiary/aromatic N) is 1. The molecule has 0 amide bonds. The van der Waals surface area contributed by atoms with Crippen LogP contribution in [-0.4, -0.2) is 19.1 Å². The lowest BCUT2D eigenvalue weighted by atomic mass is 10.0. The Morgan fingerprint density at radius 3 is 2.67 bits per heavy atom. The molecule has 1 saturated heterocycles. The molecule has 1 aliphatic rings. The van der Waals surface area contributed by atoms with E-state index < -0.39 is 0 Å². The van der Waals surface area contributed by atoms with E-state index >= 15 is 0 Å². The van der Waals surface area contributed by atoms with Crippen LogP contribution in [0.3, 0.4) is 0 Å². The average molecular weight is 212 g/mol. The zero-order valence-corrected chi connectivity index (χ0v) is 8.46. The summed E-state index contributed by atoms with van der Waals surface area (Å²) >= 11 is 0. The van der Waals surface area contributed by atoms with Crippen LogP contribution in [0.1, 0.15) is 12.8 Å². The maximum atomic E-state index is 8.40. The first kappa shape index (κ1) is 14.5. The van der Waals surface area contributed by atoms with Crippen molar-refractivity contribution >= 4 is 24.8 Å². The fraction of sp³-hybridized carbons (Fsp3) is 0.857. The highest BCUT2D eigenvalue weighted by molar-refractivity contribution is 5.85. The van der Waals surface area contributed by atoms with Gasteiger partial charge in [-0.3, -0.25) is 0 Å². The molecule has 0 aliphatic carbocycles. The van der Waals surface area contributed by atoms with Crippen LogP contribution in [0.25, 0.3) is 0 Å². The average Bonchev–Trinajstić information content (AvgIpc) is 2.40. The van der Waals surface area contributed by atoms with E-state index in [0.29, 0.717) is 5.92 Å². The van der Waals surface area contributed by atoms with Gasteiger partial charge < -0.3 is 11.1 Å². The molecule has 0 spiro atoms. The first-order valence-electron chi connectivity index (χ1n) is 3.69. The molecule has 0 aromatic heterocycles. The van der Waals surface area contributed by atoms with Crippen molar-refractivity contribution in [2.75, 3.05) is 13.1 Å². The van der Waals surface area contributed by atoms with Gasteiger partial charge in [0.25, 0.3) is 0 Å². The molecule has 2 atom stereocenters. The van der Waals surface area contributed by atoms with Crippen molar-refractivity contribution in [3.8, 4) is 6.07 Å². The molecule has 0 radical (unpaired) electrons. The Kier molecular flexibility index (Phi) is 9.23. The molecule has 72 valence electrons. The summed E-state index contributed by atoms with van der Waals surface area (Å²) < 4.78 is 0. The Bertz CT molecular complexity index is 140. The molecule has 5 heteroatoms. The third kappa shape index (κ3) is 4.78. The van der Waals surface area contributed by atoms with E-state index in [1.165, 1.54) is 6.42 Å². The summed E-state index contributed by atoms with van der Waals surface area (Å²) in [6.45, 7) is 2.12. The SMILES string of the molecule is Cl.Cl.N#CC(N)CC1CCNC1. The fourth-order valence-electron chi connectivity index (χ4n) is 1.33. The van der Waals surface area contributed by atoms with E-state index in [1.807, 2.05) is 6.07 Å². The topological polar surface area (TPSA) is 61.8 Å². The minimum Gasteiger partial charge on any atom is -0.316 e. The standard InChI is InChI=1S/C7H13N3.2ClH/c8-4-7(9)3-6-1-2-10-5-6;;/h6-7,10H,1-3,5,9H2;2*1H. The molecule has 1 aliphatic heterocycles. The van der Waals surface area contributed by atoms with E-state index in [4.69, 9.17) is 11.0 Å². The molecular weight excluding hydrogens is 197 g/mol. The molecule has 3 nitrogen and oxygen atoms in total. The van der Waals surface area contributed by atoms with Crippen molar-refractivity contribution < 1.29 is 0 Å². The summed E-state index contributed by atoms with van der Waals surface area (Å²) in [6, 6.07) is 1.78. The van der Waals surface area contributed by atoms with Gasteiger partial charge in [0.1, 0.15) is 0 Å². The Balaban J connectivity index is 0. The maximum absolute atomic E-state index is 8.40. The van der Waals surface area contributed by atoms with Crippen LogP contribution in [0.2, 0.25) is 0 Å². The summed E-state index contributed by atoms with van der Waals surface area (Å²) in [5.74, 6) is 0.634. The normalized spacial score (nSPS) is 23.2. The van der Waals surface area contributed by atoms with Crippen molar-refractivity contribution in [1.29, 1.82) is 5.26 Å². The first-order valence-corrected chi connectivity index (χ1v) is 3.69. The van der Waals surface area contributed by atoms with Crippen molar-refractivity contribution in [3.05, 3.63) is 0 Å². The lowest BCUT2D eigenvalue weighted by molar-refractivity contribution is 0.506. The number of nitrogens with two attached hydrogens (primary N) is 1. The van der Waals surface area contributed by atoms with Crippen molar-refractivity contribution in [2.45, 2.75) is 18.9 Å². The third-order valence-electron chi connectivity index (χ3n) is 1.92. The summed E-state index contributed by atoms with van der Waals surface area (Å²) in [5, 5.41) is 11.6. The Morgan fingerprint density at radius 2 is 2.25 bits per heavy atom. The number of halogens is 2. The van der Waals surface area contributed by atoms with Gasteiger partial charge in [0, 0.05) is 0 Å². The second kappa shape index (κ2) is 7.63. The number of nitriles is 1. The summed E-state index contributed by atoms with van der Waals surface area (Å²) in [5.41, 5.74) is 5.46. The monoisotopic (exact) mass is 211 g/mol. The number of hydrogen-bond acceptors (Lipinski definition) is 3. The molecule has 3 N–H and O–H groups in total. The van der Waals surface area contributed by atoms with E-state index in [2.05, 4.69) is 5.32 Å². The van der Waals surface area contributed by atoms with Gasteiger partial charge in [-0.15, -0.1) is 24.8 Å². The van der Waals surface area contributed by atoms with Crippen molar-refractivity contribution in [2.24, 2.45) is 11.7 Å². The van der Waals surface area contributed by atoms with Crippen LogP contribution in [-0.2, 0) is 0 Å². The van der Waals surface area contributed by atoms with Crippen LogP contribution in [0.4, 0.5) is 0 Å². The lowest BCUT2D eigenvalue weighted by Crippen LogP contribution is -2.22. The second-order valence-corrected chi connectivity index (χ2v) is 2.83. The van der Waals surface area contributed by atoms with Gasteiger partial charge in [0.05, 0.1) is 12.1 Å². The van der Waals surface area contributed by atoms with Gasteiger partial charge in [-0.2, -0.15) is 5.26 Å². The highest BCUT2D eigenvalue weighted by Crippen LogP contribution is 2.12. The van der Waals surface area contributed by atoms with Gasteiger partial charge in [0.15, 0.2) is 0 Å². The predicted octanol–water partition coefficient (Wildman–Crippen LogP) is 0.680. The van der Waals surface area contributed by atoms with Crippen molar-refractivity contribution in [1.82, 2.24) is 5.32 Å². The third-order valence-corrected chi connectivity index (χ3v) is 1.92. The van der Waals surface area contributed by atoms with Crippen LogP contribution >= 0.6 is 24.8 Å². The number of nitrogens with one attached hydrogen (secondary N) is 1. The molecule has 1 heterocycles. The predicted molar refractivity (Wildman–Crippen MR) is 53.7 cm³/mol. The number of rotatable bonds is 2. The fourth-order valence-corrected chi connectivity index (χ4v) is 1.33.